The minimum Gasteiger partial charge on any atom is -0.407 e. The van der Waals surface area contributed by atoms with Gasteiger partial charge in [-0.2, -0.15) is 0 Å². The van der Waals surface area contributed by atoms with Gasteiger partial charge in [0.05, 0.1) is 12.1 Å². The molecule has 0 radical (unpaired) electrons. The lowest BCUT2D eigenvalue weighted by Crippen LogP contribution is -1.98. The quantitative estimate of drug-likeness (QED) is 0.410. The Balaban J connectivity index is 1.83. The molecule has 130 valence electrons. The van der Waals surface area contributed by atoms with Gasteiger partial charge >= 0.3 is 5.97 Å². The number of ether oxygens (including phenoxy) is 1. The SMILES string of the molecule is CCCCCCCCC/C=C1\CC(=O)OC1=Nc1ccc(C)cc1. The predicted octanol–water partition coefficient (Wildman–Crippen LogP) is 6.04. The van der Waals surface area contributed by atoms with Gasteiger partial charge in [-0.25, -0.2) is 4.99 Å². The number of rotatable bonds is 9. The second kappa shape index (κ2) is 10.1. The van der Waals surface area contributed by atoms with Crippen molar-refractivity contribution in [1.29, 1.82) is 0 Å². The van der Waals surface area contributed by atoms with E-state index >= 15 is 0 Å². The van der Waals surface area contributed by atoms with Gasteiger partial charge in [-0.3, -0.25) is 4.79 Å². The summed E-state index contributed by atoms with van der Waals surface area (Å²) in [4.78, 5) is 16.1. The zero-order chi connectivity index (χ0) is 17.2. The molecule has 1 aliphatic rings. The third kappa shape index (κ3) is 6.31. The number of cyclic esters (lactones) is 1. The van der Waals surface area contributed by atoms with Crippen LogP contribution < -0.4 is 0 Å². The average Bonchev–Trinajstić information content (AvgIpc) is 2.91. The molecule has 0 amide bonds. The minimum absolute atomic E-state index is 0.202. The van der Waals surface area contributed by atoms with Gasteiger partial charge in [0, 0.05) is 5.57 Å². The van der Waals surface area contributed by atoms with Gasteiger partial charge in [0.1, 0.15) is 0 Å². The summed E-state index contributed by atoms with van der Waals surface area (Å²) in [5.74, 6) is 0.276. The van der Waals surface area contributed by atoms with Gasteiger partial charge in [-0.1, -0.05) is 69.2 Å². The summed E-state index contributed by atoms with van der Waals surface area (Å²) in [5, 5.41) is 0. The zero-order valence-corrected chi connectivity index (χ0v) is 15.0. The van der Waals surface area contributed by atoms with Crippen LogP contribution in [-0.4, -0.2) is 11.9 Å². The average molecular weight is 327 g/mol. The second-order valence-electron chi connectivity index (χ2n) is 6.54. The van der Waals surface area contributed by atoms with Gasteiger partial charge in [0.2, 0.25) is 5.90 Å². The predicted molar refractivity (Wildman–Crippen MR) is 99.7 cm³/mol. The lowest BCUT2D eigenvalue weighted by atomic mass is 10.1. The number of carbonyl (C=O) groups is 1. The Hall–Kier alpha value is -1.90. The molecular formula is C21H29NO2. The number of esters is 1. The minimum atomic E-state index is -0.202. The van der Waals surface area contributed by atoms with Crippen molar-refractivity contribution in [2.45, 2.75) is 71.6 Å². The van der Waals surface area contributed by atoms with Crippen LogP contribution >= 0.6 is 0 Å². The number of allylic oxidation sites excluding steroid dienone is 1. The third-order valence-corrected chi connectivity index (χ3v) is 4.28. The van der Waals surface area contributed by atoms with Crippen LogP contribution in [0, 0.1) is 6.92 Å². The Morgan fingerprint density at radius 2 is 1.71 bits per heavy atom. The number of hydrogen-bond donors (Lipinski definition) is 0. The van der Waals surface area contributed by atoms with Gasteiger partial charge < -0.3 is 4.74 Å². The maximum Gasteiger partial charge on any atom is 0.317 e. The highest BCUT2D eigenvalue weighted by Gasteiger charge is 2.24. The molecule has 0 aliphatic carbocycles. The first kappa shape index (κ1) is 18.4. The molecule has 0 unspecified atom stereocenters. The van der Waals surface area contributed by atoms with Crippen LogP contribution in [0.2, 0.25) is 0 Å². The van der Waals surface area contributed by atoms with E-state index in [1.807, 2.05) is 31.2 Å². The molecule has 0 N–H and O–H groups in total. The van der Waals surface area contributed by atoms with E-state index < -0.39 is 0 Å². The standard InChI is InChI=1S/C21H29NO2/c1-3-4-5-6-7-8-9-10-11-18-16-20(23)24-21(18)22-19-14-12-17(2)13-15-19/h11-15H,3-10,16H2,1-2H3/b18-11+,22-21?. The molecule has 24 heavy (non-hydrogen) atoms. The summed E-state index contributed by atoms with van der Waals surface area (Å²) in [7, 11) is 0. The molecule has 2 rings (SSSR count). The van der Waals surface area contributed by atoms with Crippen LogP contribution in [0.3, 0.4) is 0 Å². The van der Waals surface area contributed by atoms with Crippen molar-refractivity contribution < 1.29 is 9.53 Å². The number of carbonyl (C=O) groups excluding carboxylic acids is 1. The molecule has 1 heterocycles. The highest BCUT2D eigenvalue weighted by Crippen LogP contribution is 2.22. The summed E-state index contributed by atoms with van der Waals surface area (Å²) in [6, 6.07) is 7.92. The van der Waals surface area contributed by atoms with Crippen LogP contribution in [0.1, 0.15) is 70.3 Å². The molecular weight excluding hydrogens is 298 g/mol. The van der Waals surface area contributed by atoms with Crippen molar-refractivity contribution in [2.75, 3.05) is 0 Å². The van der Waals surface area contributed by atoms with Gasteiger partial charge in [-0.05, 0) is 31.9 Å². The van der Waals surface area contributed by atoms with Crippen LogP contribution in [-0.2, 0) is 9.53 Å². The summed E-state index contributed by atoms with van der Waals surface area (Å²) in [5.41, 5.74) is 2.95. The highest BCUT2D eigenvalue weighted by molar-refractivity contribution is 6.09. The zero-order valence-electron chi connectivity index (χ0n) is 15.0. The van der Waals surface area contributed by atoms with Gasteiger partial charge in [0.15, 0.2) is 0 Å². The maximum absolute atomic E-state index is 11.6. The number of benzene rings is 1. The Kier molecular flexibility index (Phi) is 7.73. The Morgan fingerprint density at radius 1 is 1.04 bits per heavy atom. The summed E-state index contributed by atoms with van der Waals surface area (Å²) in [6.45, 7) is 4.28. The smallest absolute Gasteiger partial charge is 0.317 e. The summed E-state index contributed by atoms with van der Waals surface area (Å²) < 4.78 is 5.27. The van der Waals surface area contributed by atoms with Gasteiger partial charge in [-0.15, -0.1) is 0 Å². The molecule has 0 saturated carbocycles. The largest absolute Gasteiger partial charge is 0.407 e. The fourth-order valence-electron chi connectivity index (χ4n) is 2.81. The Labute approximate surface area is 145 Å². The molecule has 1 aliphatic heterocycles. The van der Waals surface area contributed by atoms with E-state index in [4.69, 9.17) is 4.74 Å². The van der Waals surface area contributed by atoms with Crippen molar-refractivity contribution in [3.8, 4) is 0 Å². The fourth-order valence-corrected chi connectivity index (χ4v) is 2.81. The van der Waals surface area contributed by atoms with Crippen LogP contribution in [0.25, 0.3) is 0 Å². The molecule has 0 bridgehead atoms. The molecule has 0 aromatic heterocycles. The lowest BCUT2D eigenvalue weighted by Gasteiger charge is -2.01. The van der Waals surface area contributed by atoms with E-state index in [9.17, 15) is 4.79 Å². The summed E-state index contributed by atoms with van der Waals surface area (Å²) in [6.07, 6.45) is 12.5. The van der Waals surface area contributed by atoms with Gasteiger partial charge in [0.25, 0.3) is 0 Å². The lowest BCUT2D eigenvalue weighted by molar-refractivity contribution is -0.132. The molecule has 0 spiro atoms. The maximum atomic E-state index is 11.6. The van der Waals surface area contributed by atoms with Crippen LogP contribution in [0.15, 0.2) is 40.9 Å². The van der Waals surface area contributed by atoms with E-state index in [-0.39, 0.29) is 5.97 Å². The molecule has 3 nitrogen and oxygen atoms in total. The van der Waals surface area contributed by atoms with Crippen molar-refractivity contribution >= 4 is 17.6 Å². The molecule has 3 heteroatoms. The van der Waals surface area contributed by atoms with Crippen molar-refractivity contribution in [1.82, 2.24) is 0 Å². The Morgan fingerprint density at radius 3 is 2.42 bits per heavy atom. The van der Waals surface area contributed by atoms with Crippen LogP contribution in [0.5, 0.6) is 0 Å². The summed E-state index contributed by atoms with van der Waals surface area (Å²) >= 11 is 0. The number of nitrogens with zero attached hydrogens (tertiary/aromatic N) is 1. The number of aryl methyl sites for hydroxylation is 1. The molecule has 1 aromatic rings. The van der Waals surface area contributed by atoms with Crippen LogP contribution in [0.4, 0.5) is 5.69 Å². The topological polar surface area (TPSA) is 38.7 Å². The first-order valence-corrected chi connectivity index (χ1v) is 9.24. The third-order valence-electron chi connectivity index (χ3n) is 4.28. The fraction of sp³-hybridized carbons (Fsp3) is 0.524. The molecule has 1 aromatic carbocycles. The van der Waals surface area contributed by atoms with E-state index in [2.05, 4.69) is 18.0 Å². The van der Waals surface area contributed by atoms with E-state index in [0.717, 1.165) is 17.7 Å². The van der Waals surface area contributed by atoms with Crippen molar-refractivity contribution in [3.05, 3.63) is 41.5 Å². The van der Waals surface area contributed by atoms with Crippen molar-refractivity contribution in [2.24, 2.45) is 4.99 Å². The van der Waals surface area contributed by atoms with E-state index in [0.29, 0.717) is 12.3 Å². The van der Waals surface area contributed by atoms with E-state index in [1.54, 1.807) is 0 Å². The molecule has 1 saturated heterocycles. The Bertz CT molecular complexity index is 584. The number of unbranched alkanes of at least 4 members (excludes halogenated alkanes) is 7. The molecule has 0 atom stereocenters. The van der Waals surface area contributed by atoms with Crippen molar-refractivity contribution in [3.63, 3.8) is 0 Å². The normalized spacial score (nSPS) is 17.7. The molecule has 1 fully saturated rings. The second-order valence-corrected chi connectivity index (χ2v) is 6.54. The monoisotopic (exact) mass is 327 g/mol. The van der Waals surface area contributed by atoms with E-state index in [1.165, 1.54) is 50.5 Å². The number of aliphatic imine (C=N–C) groups is 1. The first-order chi connectivity index (χ1) is 11.7. The highest BCUT2D eigenvalue weighted by atomic mass is 16.5. The number of hydrogen-bond acceptors (Lipinski definition) is 3. The first-order valence-electron chi connectivity index (χ1n) is 9.24.